The molecule has 10 heteroatoms. The van der Waals surface area contributed by atoms with Crippen LogP contribution in [0.1, 0.15) is 6.92 Å². The Kier molecular flexibility index (Phi) is 10.0. The molecular weight excluding hydrogens is 610 g/mol. The lowest BCUT2D eigenvalue weighted by molar-refractivity contribution is -0.384. The summed E-state index contributed by atoms with van der Waals surface area (Å²) in [5.74, 6) is 2.23. The number of rotatable bonds is 15. The van der Waals surface area contributed by atoms with Crippen molar-refractivity contribution in [2.24, 2.45) is 0 Å². The van der Waals surface area contributed by atoms with Crippen LogP contribution in [-0.2, 0) is 9.47 Å². The number of hydrogen-bond acceptors (Lipinski definition) is 8. The molecule has 48 heavy (non-hydrogen) atoms. The van der Waals surface area contributed by atoms with Crippen LogP contribution in [0.2, 0.25) is 0 Å². The van der Waals surface area contributed by atoms with Crippen LogP contribution in [0.25, 0.3) is 27.5 Å². The Morgan fingerprint density at radius 2 is 1.15 bits per heavy atom. The summed E-state index contributed by atoms with van der Waals surface area (Å²) in [6.45, 7) is 4.60. The van der Waals surface area contributed by atoms with Crippen LogP contribution in [0.15, 0.2) is 109 Å². The second-order valence-corrected chi connectivity index (χ2v) is 10.9. The van der Waals surface area contributed by atoms with Crippen molar-refractivity contribution in [2.75, 3.05) is 52.2 Å². The highest BCUT2D eigenvalue weighted by Crippen LogP contribution is 2.41. The zero-order valence-corrected chi connectivity index (χ0v) is 27.1. The average Bonchev–Trinajstić information content (AvgIpc) is 3.45. The maximum absolute atomic E-state index is 11.9. The van der Waals surface area contributed by atoms with Crippen LogP contribution in [0.4, 0.5) is 22.7 Å². The van der Waals surface area contributed by atoms with Crippen molar-refractivity contribution in [3.8, 4) is 22.9 Å². The summed E-state index contributed by atoms with van der Waals surface area (Å²) in [6, 6.07) is 34.7. The highest BCUT2D eigenvalue weighted by molar-refractivity contribution is 6.11. The SMILES string of the molecule is CCOCCOCCOc1ccc(-n2c3ccc(N(c4ccc(OC)cc4)c4ccc(OC)cc4)cc3c3cc([N+](=O)[O-])ccc32)cc1. The Morgan fingerprint density at radius 3 is 1.73 bits per heavy atom. The molecule has 0 aliphatic heterocycles. The van der Waals surface area contributed by atoms with Gasteiger partial charge in [0, 0.05) is 52.3 Å². The Bertz CT molecular complexity index is 1940. The molecule has 0 saturated carbocycles. The van der Waals surface area contributed by atoms with Gasteiger partial charge in [0.2, 0.25) is 0 Å². The van der Waals surface area contributed by atoms with Gasteiger partial charge in [-0.05, 0) is 104 Å². The van der Waals surface area contributed by atoms with Crippen molar-refractivity contribution in [3.05, 3.63) is 119 Å². The average molecular weight is 648 g/mol. The summed E-state index contributed by atoms with van der Waals surface area (Å²) >= 11 is 0. The van der Waals surface area contributed by atoms with Gasteiger partial charge in [-0.15, -0.1) is 0 Å². The third-order valence-corrected chi connectivity index (χ3v) is 8.03. The number of aromatic nitrogens is 1. The topological polar surface area (TPSA) is 97.5 Å². The third kappa shape index (κ3) is 6.90. The highest BCUT2D eigenvalue weighted by Gasteiger charge is 2.19. The zero-order chi connectivity index (χ0) is 33.5. The van der Waals surface area contributed by atoms with Crippen molar-refractivity contribution in [1.29, 1.82) is 0 Å². The Balaban J connectivity index is 1.40. The monoisotopic (exact) mass is 647 g/mol. The normalized spacial score (nSPS) is 11.1. The van der Waals surface area contributed by atoms with Gasteiger partial charge in [-0.2, -0.15) is 0 Å². The minimum absolute atomic E-state index is 0.0290. The van der Waals surface area contributed by atoms with Crippen LogP contribution >= 0.6 is 0 Å². The fraction of sp³-hybridized carbons (Fsp3) is 0.211. The first-order valence-electron chi connectivity index (χ1n) is 15.7. The Labute approximate surface area is 278 Å². The Hall–Kier alpha value is -5.58. The highest BCUT2D eigenvalue weighted by atomic mass is 16.6. The second kappa shape index (κ2) is 14.9. The summed E-state index contributed by atoms with van der Waals surface area (Å²) in [5, 5.41) is 13.5. The molecule has 0 aliphatic carbocycles. The molecule has 0 N–H and O–H groups in total. The van der Waals surface area contributed by atoms with Crippen molar-refractivity contribution >= 4 is 44.6 Å². The lowest BCUT2D eigenvalue weighted by Crippen LogP contribution is -2.10. The van der Waals surface area contributed by atoms with E-state index in [9.17, 15) is 10.1 Å². The number of methoxy groups -OCH3 is 2. The van der Waals surface area contributed by atoms with Gasteiger partial charge in [0.05, 0.1) is 50.0 Å². The number of nitro benzene ring substituents is 1. The van der Waals surface area contributed by atoms with Crippen LogP contribution in [-0.4, -0.2) is 56.7 Å². The summed E-state index contributed by atoms with van der Waals surface area (Å²) < 4.78 is 29.7. The lowest BCUT2D eigenvalue weighted by Gasteiger charge is -2.26. The first-order valence-corrected chi connectivity index (χ1v) is 15.7. The van der Waals surface area contributed by atoms with E-state index in [4.69, 9.17) is 23.7 Å². The number of nitro groups is 1. The quantitative estimate of drug-likeness (QED) is 0.0621. The summed E-state index contributed by atoms with van der Waals surface area (Å²) in [5.41, 5.74) is 5.42. The van der Waals surface area contributed by atoms with E-state index in [2.05, 4.69) is 27.7 Å². The minimum atomic E-state index is -0.361. The molecule has 6 aromatic rings. The number of benzene rings is 5. The van der Waals surface area contributed by atoms with E-state index in [-0.39, 0.29) is 10.6 Å². The van der Waals surface area contributed by atoms with E-state index in [0.717, 1.165) is 61.8 Å². The van der Waals surface area contributed by atoms with Gasteiger partial charge in [-0.1, -0.05) is 0 Å². The van der Waals surface area contributed by atoms with Gasteiger partial charge in [-0.3, -0.25) is 10.1 Å². The van der Waals surface area contributed by atoms with Crippen LogP contribution in [0.5, 0.6) is 17.2 Å². The molecule has 6 rings (SSSR count). The van der Waals surface area contributed by atoms with Gasteiger partial charge in [0.25, 0.3) is 5.69 Å². The summed E-state index contributed by atoms with van der Waals surface area (Å²) in [6.07, 6.45) is 0. The maximum Gasteiger partial charge on any atom is 0.270 e. The van der Waals surface area contributed by atoms with E-state index < -0.39 is 0 Å². The summed E-state index contributed by atoms with van der Waals surface area (Å²) in [4.78, 5) is 13.6. The van der Waals surface area contributed by atoms with Crippen LogP contribution < -0.4 is 19.1 Å². The molecular formula is C38H37N3O7. The number of ether oxygens (including phenoxy) is 5. The smallest absolute Gasteiger partial charge is 0.270 e. The third-order valence-electron chi connectivity index (χ3n) is 8.03. The van der Waals surface area contributed by atoms with Crippen molar-refractivity contribution in [2.45, 2.75) is 6.92 Å². The first kappa shape index (κ1) is 32.4. The van der Waals surface area contributed by atoms with E-state index in [1.165, 1.54) is 0 Å². The number of nitrogens with zero attached hydrogens (tertiary/aromatic N) is 3. The van der Waals surface area contributed by atoms with E-state index >= 15 is 0 Å². The molecule has 0 unspecified atom stereocenters. The molecule has 1 aromatic heterocycles. The van der Waals surface area contributed by atoms with Crippen LogP contribution in [0, 0.1) is 10.1 Å². The fourth-order valence-electron chi connectivity index (χ4n) is 5.71. The van der Waals surface area contributed by atoms with Crippen molar-refractivity contribution in [3.63, 3.8) is 0 Å². The van der Waals surface area contributed by atoms with E-state index in [0.29, 0.717) is 33.0 Å². The lowest BCUT2D eigenvalue weighted by atomic mass is 10.1. The predicted molar refractivity (Wildman–Crippen MR) is 188 cm³/mol. The maximum atomic E-state index is 11.9. The van der Waals surface area contributed by atoms with E-state index in [1.807, 2.05) is 85.8 Å². The molecule has 1 heterocycles. The molecule has 0 atom stereocenters. The molecule has 0 saturated heterocycles. The van der Waals surface area contributed by atoms with E-state index in [1.54, 1.807) is 26.4 Å². The minimum Gasteiger partial charge on any atom is -0.497 e. The molecule has 0 radical (unpaired) electrons. The van der Waals surface area contributed by atoms with Crippen LogP contribution in [0.3, 0.4) is 0 Å². The summed E-state index contributed by atoms with van der Waals surface area (Å²) in [7, 11) is 3.28. The molecule has 246 valence electrons. The molecule has 5 aromatic carbocycles. The standard InChI is InChI=1S/C38H37N3O7/c1-4-46-21-22-47-23-24-48-34-17-9-29(10-18-34)40-37-19-11-30(25-35(37)36-26-31(41(42)43)12-20-38(36)40)39(27-5-13-32(44-2)14-6-27)28-7-15-33(45-3)16-8-28/h5-20,25-26H,4,21-24H2,1-3H3. The molecule has 0 bridgehead atoms. The van der Waals surface area contributed by atoms with Gasteiger partial charge in [0.15, 0.2) is 0 Å². The van der Waals surface area contributed by atoms with Crippen molar-refractivity contribution < 1.29 is 28.6 Å². The number of hydrogen-bond donors (Lipinski definition) is 0. The second-order valence-electron chi connectivity index (χ2n) is 10.9. The number of non-ortho nitro benzene ring substituents is 1. The van der Waals surface area contributed by atoms with Crippen molar-refractivity contribution in [1.82, 2.24) is 4.57 Å². The molecule has 0 spiro atoms. The number of fused-ring (bicyclic) bond motifs is 3. The predicted octanol–water partition coefficient (Wildman–Crippen LogP) is 8.61. The first-order chi connectivity index (χ1) is 23.5. The van der Waals surface area contributed by atoms with Gasteiger partial charge in [-0.25, -0.2) is 0 Å². The molecule has 0 fully saturated rings. The van der Waals surface area contributed by atoms with Gasteiger partial charge < -0.3 is 33.2 Å². The van der Waals surface area contributed by atoms with Gasteiger partial charge >= 0.3 is 0 Å². The zero-order valence-electron chi connectivity index (χ0n) is 27.1. The Morgan fingerprint density at radius 1 is 0.625 bits per heavy atom. The molecule has 0 aliphatic rings. The molecule has 0 amide bonds. The largest absolute Gasteiger partial charge is 0.497 e. The van der Waals surface area contributed by atoms with Gasteiger partial charge in [0.1, 0.15) is 23.9 Å². The number of anilines is 3. The fourth-order valence-corrected chi connectivity index (χ4v) is 5.71. The molecule has 10 nitrogen and oxygen atoms in total.